The van der Waals surface area contributed by atoms with Crippen LogP contribution in [0.5, 0.6) is 5.75 Å². The van der Waals surface area contributed by atoms with E-state index in [1.807, 2.05) is 31.2 Å². The van der Waals surface area contributed by atoms with Gasteiger partial charge in [-0.2, -0.15) is 0 Å². The molecule has 1 aliphatic heterocycles. The number of benzene rings is 3. The van der Waals surface area contributed by atoms with E-state index in [4.69, 9.17) is 16.3 Å². The summed E-state index contributed by atoms with van der Waals surface area (Å²) < 4.78 is 5.83. The Morgan fingerprint density at radius 2 is 1.73 bits per heavy atom. The fraction of sp³-hybridized carbons (Fsp3) is 0.115. The van der Waals surface area contributed by atoms with Gasteiger partial charge in [0.05, 0.1) is 5.69 Å². The molecule has 3 aromatic carbocycles. The van der Waals surface area contributed by atoms with Crippen LogP contribution in [0.3, 0.4) is 0 Å². The number of hydrogen-bond donors (Lipinski definition) is 1. The first-order valence-electron chi connectivity index (χ1n) is 10.3. The Morgan fingerprint density at radius 3 is 2.48 bits per heavy atom. The summed E-state index contributed by atoms with van der Waals surface area (Å²) in [5.41, 5.74) is 3.49. The Morgan fingerprint density at radius 1 is 0.970 bits per heavy atom. The summed E-state index contributed by atoms with van der Waals surface area (Å²) >= 11 is 5.91. The van der Waals surface area contributed by atoms with Crippen molar-refractivity contribution in [3.8, 4) is 5.75 Å². The first-order chi connectivity index (χ1) is 15.8. The zero-order valence-electron chi connectivity index (χ0n) is 18.1. The van der Waals surface area contributed by atoms with Crippen LogP contribution in [-0.4, -0.2) is 17.8 Å². The third kappa shape index (κ3) is 4.96. The van der Waals surface area contributed by atoms with E-state index in [0.717, 1.165) is 21.6 Å². The summed E-state index contributed by atoms with van der Waals surface area (Å²) in [4.78, 5) is 39.1. The predicted molar refractivity (Wildman–Crippen MR) is 127 cm³/mol. The van der Waals surface area contributed by atoms with Gasteiger partial charge < -0.3 is 4.74 Å². The quantitative estimate of drug-likeness (QED) is 0.419. The molecule has 1 fully saturated rings. The Kier molecular flexibility index (Phi) is 6.29. The van der Waals surface area contributed by atoms with Gasteiger partial charge in [0.25, 0.3) is 11.8 Å². The molecule has 33 heavy (non-hydrogen) atoms. The minimum absolute atomic E-state index is 0.134. The maximum absolute atomic E-state index is 13.2. The molecule has 1 saturated heterocycles. The lowest BCUT2D eigenvalue weighted by Gasteiger charge is -2.27. The molecule has 0 atom stereocenters. The van der Waals surface area contributed by atoms with Crippen molar-refractivity contribution < 1.29 is 19.1 Å². The Hall–Kier alpha value is -3.90. The third-order valence-corrected chi connectivity index (χ3v) is 5.45. The average Bonchev–Trinajstić information content (AvgIpc) is 2.79. The van der Waals surface area contributed by atoms with Crippen molar-refractivity contribution in [1.29, 1.82) is 0 Å². The number of rotatable bonds is 5. The van der Waals surface area contributed by atoms with Crippen molar-refractivity contribution in [2.75, 3.05) is 4.90 Å². The molecule has 0 unspecified atom stereocenters. The molecular weight excluding hydrogens is 440 g/mol. The summed E-state index contributed by atoms with van der Waals surface area (Å²) in [6, 6.07) is 19.0. The summed E-state index contributed by atoms with van der Waals surface area (Å²) in [5, 5.41) is 2.91. The number of aryl methyl sites for hydroxylation is 2. The lowest BCUT2D eigenvalue weighted by atomic mass is 10.0. The second-order valence-electron chi connectivity index (χ2n) is 7.74. The molecule has 0 bridgehead atoms. The van der Waals surface area contributed by atoms with E-state index in [-0.39, 0.29) is 5.57 Å². The number of carbonyl (C=O) groups excluding carboxylic acids is 3. The Bertz CT molecular complexity index is 1280. The van der Waals surface area contributed by atoms with Crippen molar-refractivity contribution in [3.05, 3.63) is 99.6 Å². The molecule has 6 nitrogen and oxygen atoms in total. The molecule has 166 valence electrons. The molecule has 0 aromatic heterocycles. The lowest BCUT2D eigenvalue weighted by molar-refractivity contribution is -0.122. The van der Waals surface area contributed by atoms with Gasteiger partial charge in [-0.25, -0.2) is 9.69 Å². The predicted octanol–water partition coefficient (Wildman–Crippen LogP) is 5.20. The molecule has 1 aliphatic rings. The fourth-order valence-corrected chi connectivity index (χ4v) is 3.57. The van der Waals surface area contributed by atoms with Crippen molar-refractivity contribution in [2.24, 2.45) is 0 Å². The normalized spacial score (nSPS) is 15.1. The highest BCUT2D eigenvalue weighted by Crippen LogP contribution is 2.27. The molecule has 4 rings (SSSR count). The van der Waals surface area contributed by atoms with Crippen LogP contribution in [0.4, 0.5) is 10.5 Å². The van der Waals surface area contributed by atoms with Gasteiger partial charge in [-0.15, -0.1) is 0 Å². The van der Waals surface area contributed by atoms with Gasteiger partial charge in [0.1, 0.15) is 17.9 Å². The first-order valence-corrected chi connectivity index (χ1v) is 10.7. The Balaban J connectivity index is 1.59. The monoisotopic (exact) mass is 460 g/mol. The summed E-state index contributed by atoms with van der Waals surface area (Å²) in [5.74, 6) is -0.839. The number of nitrogens with zero attached hydrogens (tertiary/aromatic N) is 1. The molecule has 3 aromatic rings. The second kappa shape index (κ2) is 9.30. The minimum Gasteiger partial charge on any atom is -0.489 e. The summed E-state index contributed by atoms with van der Waals surface area (Å²) in [6.45, 7) is 4.01. The number of hydrogen-bond acceptors (Lipinski definition) is 4. The van der Waals surface area contributed by atoms with Gasteiger partial charge >= 0.3 is 6.03 Å². The highest BCUT2D eigenvalue weighted by Gasteiger charge is 2.37. The van der Waals surface area contributed by atoms with Crippen LogP contribution in [0, 0.1) is 13.8 Å². The van der Waals surface area contributed by atoms with Crippen molar-refractivity contribution in [2.45, 2.75) is 20.5 Å². The first kappa shape index (κ1) is 22.3. The zero-order valence-corrected chi connectivity index (χ0v) is 18.8. The minimum atomic E-state index is -0.768. The average molecular weight is 461 g/mol. The molecule has 0 spiro atoms. The van der Waals surface area contributed by atoms with Gasteiger partial charge in [0.2, 0.25) is 0 Å². The van der Waals surface area contributed by atoms with Crippen LogP contribution < -0.4 is 15.0 Å². The highest BCUT2D eigenvalue weighted by molar-refractivity contribution is 6.39. The van der Waals surface area contributed by atoms with Crippen molar-refractivity contribution in [3.63, 3.8) is 0 Å². The van der Waals surface area contributed by atoms with E-state index in [2.05, 4.69) is 5.32 Å². The lowest BCUT2D eigenvalue weighted by Crippen LogP contribution is -2.54. The topological polar surface area (TPSA) is 75.7 Å². The Labute approximate surface area is 196 Å². The van der Waals surface area contributed by atoms with Crippen molar-refractivity contribution in [1.82, 2.24) is 5.32 Å². The van der Waals surface area contributed by atoms with Gasteiger partial charge in [-0.05, 0) is 72.5 Å². The number of imide groups is 2. The summed E-state index contributed by atoms with van der Waals surface area (Å²) in [7, 11) is 0. The molecule has 1 N–H and O–H groups in total. The van der Waals surface area contributed by atoms with Gasteiger partial charge in [0, 0.05) is 5.02 Å². The van der Waals surface area contributed by atoms with Gasteiger partial charge in [0.15, 0.2) is 0 Å². The van der Waals surface area contributed by atoms with E-state index >= 15 is 0 Å². The SMILES string of the molecule is Cc1ccc(C)c(N2C(=O)NC(=O)/C(=C/c3cccc(OCc4ccc(Cl)cc4)c3)C2=O)c1. The highest BCUT2D eigenvalue weighted by atomic mass is 35.5. The fourth-order valence-electron chi connectivity index (χ4n) is 3.44. The third-order valence-electron chi connectivity index (χ3n) is 5.20. The number of barbiturate groups is 1. The second-order valence-corrected chi connectivity index (χ2v) is 8.17. The smallest absolute Gasteiger partial charge is 0.335 e. The number of carbonyl (C=O) groups is 3. The van der Waals surface area contributed by atoms with E-state index in [0.29, 0.717) is 28.6 Å². The number of urea groups is 1. The molecule has 1 heterocycles. The maximum Gasteiger partial charge on any atom is 0.335 e. The van der Waals surface area contributed by atoms with Crippen LogP contribution in [-0.2, 0) is 16.2 Å². The standard InChI is InChI=1S/C26H21ClN2O4/c1-16-6-7-17(2)23(12-16)29-25(31)22(24(30)28-26(29)32)14-19-4-3-5-21(13-19)33-15-18-8-10-20(27)11-9-18/h3-14H,15H2,1-2H3,(H,28,30,32)/b22-14-. The zero-order chi connectivity index (χ0) is 23.5. The number of nitrogens with one attached hydrogen (secondary N) is 1. The molecule has 7 heteroatoms. The van der Waals surface area contributed by atoms with Crippen LogP contribution in [0.25, 0.3) is 6.08 Å². The van der Waals surface area contributed by atoms with E-state index in [1.165, 1.54) is 6.08 Å². The molecule has 0 radical (unpaired) electrons. The van der Waals surface area contributed by atoms with Crippen LogP contribution in [0.2, 0.25) is 5.02 Å². The number of amides is 4. The number of halogens is 1. The van der Waals surface area contributed by atoms with Crippen molar-refractivity contribution >= 4 is 41.2 Å². The maximum atomic E-state index is 13.2. The van der Waals surface area contributed by atoms with Crippen LogP contribution >= 0.6 is 11.6 Å². The van der Waals surface area contributed by atoms with Gasteiger partial charge in [-0.3, -0.25) is 14.9 Å². The van der Waals surface area contributed by atoms with Crippen LogP contribution in [0.1, 0.15) is 22.3 Å². The molecule has 0 saturated carbocycles. The number of anilines is 1. The van der Waals surface area contributed by atoms with Crippen LogP contribution in [0.15, 0.2) is 72.3 Å². The molecule has 0 aliphatic carbocycles. The van der Waals surface area contributed by atoms with E-state index in [1.54, 1.807) is 49.4 Å². The molecule has 4 amide bonds. The van der Waals surface area contributed by atoms with E-state index < -0.39 is 17.8 Å². The summed E-state index contributed by atoms with van der Waals surface area (Å²) in [6.07, 6.45) is 1.46. The van der Waals surface area contributed by atoms with Gasteiger partial charge in [-0.1, -0.05) is 48.0 Å². The molecular formula is C26H21ClN2O4. The number of ether oxygens (including phenoxy) is 1. The largest absolute Gasteiger partial charge is 0.489 e. The van der Waals surface area contributed by atoms with E-state index in [9.17, 15) is 14.4 Å².